The highest BCUT2D eigenvalue weighted by Gasteiger charge is 2.19. The Kier molecular flexibility index (Phi) is 4.23. The summed E-state index contributed by atoms with van der Waals surface area (Å²) in [6.07, 6.45) is -0.153. The molecule has 0 radical (unpaired) electrons. The number of pyridine rings is 1. The highest BCUT2D eigenvalue weighted by atomic mass is 32.2. The summed E-state index contributed by atoms with van der Waals surface area (Å²) in [4.78, 5) is 15.2. The average molecular weight is 340 g/mol. The molecule has 10 nitrogen and oxygen atoms in total. The van der Waals surface area contributed by atoms with Crippen LogP contribution >= 0.6 is 0 Å². The van der Waals surface area contributed by atoms with Gasteiger partial charge in [0.15, 0.2) is 11.5 Å². The molecule has 0 spiro atoms. The number of sulfonamides is 1. The van der Waals surface area contributed by atoms with Gasteiger partial charge in [0.25, 0.3) is 0 Å². The third kappa shape index (κ3) is 3.39. The Morgan fingerprint density at radius 3 is 2.57 bits per heavy atom. The second-order valence-corrected chi connectivity index (χ2v) is 6.89. The van der Waals surface area contributed by atoms with Crippen LogP contribution in [0.2, 0.25) is 0 Å². The Morgan fingerprint density at radius 1 is 1.39 bits per heavy atom. The summed E-state index contributed by atoms with van der Waals surface area (Å²) in [6, 6.07) is 3.14. The summed E-state index contributed by atoms with van der Waals surface area (Å²) in [5, 5.41) is 18.7. The van der Waals surface area contributed by atoms with E-state index in [1.165, 1.54) is 11.7 Å². The van der Waals surface area contributed by atoms with Crippen LogP contribution in [0.3, 0.4) is 0 Å². The van der Waals surface area contributed by atoms with Gasteiger partial charge in [0.1, 0.15) is 0 Å². The lowest BCUT2D eigenvalue weighted by Crippen LogP contribution is -2.25. The van der Waals surface area contributed by atoms with Crippen molar-refractivity contribution in [2.24, 2.45) is 7.05 Å². The molecule has 0 saturated heterocycles. The number of nitrogens with one attached hydrogen (secondary N) is 1. The van der Waals surface area contributed by atoms with E-state index in [1.807, 2.05) is 0 Å². The Labute approximate surface area is 132 Å². The molecule has 2 aromatic rings. The molecule has 0 unspecified atom stereocenters. The van der Waals surface area contributed by atoms with E-state index in [9.17, 15) is 13.2 Å². The van der Waals surface area contributed by atoms with E-state index in [-0.39, 0.29) is 11.5 Å². The largest absolute Gasteiger partial charge is 0.465 e. The molecule has 0 bridgehead atoms. The molecule has 0 aliphatic carbocycles. The SMILES string of the molecule is Cc1nc(-c2nnn(C)c2NC(=O)O)ccc1N(C)S(C)(=O)=O. The first-order chi connectivity index (χ1) is 10.6. The van der Waals surface area contributed by atoms with E-state index < -0.39 is 16.1 Å². The van der Waals surface area contributed by atoms with Gasteiger partial charge in [0.2, 0.25) is 10.0 Å². The average Bonchev–Trinajstić information content (AvgIpc) is 2.78. The van der Waals surface area contributed by atoms with Crippen molar-refractivity contribution in [3.63, 3.8) is 0 Å². The fourth-order valence-electron chi connectivity index (χ4n) is 1.97. The van der Waals surface area contributed by atoms with Gasteiger partial charge in [-0.05, 0) is 19.1 Å². The molecule has 23 heavy (non-hydrogen) atoms. The molecular weight excluding hydrogens is 324 g/mol. The number of amides is 1. The van der Waals surface area contributed by atoms with Crippen molar-refractivity contribution in [2.75, 3.05) is 22.9 Å². The van der Waals surface area contributed by atoms with Gasteiger partial charge in [-0.25, -0.2) is 22.9 Å². The third-order valence-corrected chi connectivity index (χ3v) is 4.38. The van der Waals surface area contributed by atoms with Crippen molar-refractivity contribution in [3.05, 3.63) is 17.8 Å². The molecule has 124 valence electrons. The van der Waals surface area contributed by atoms with Crippen LogP contribution in [-0.4, -0.2) is 52.9 Å². The van der Waals surface area contributed by atoms with Crippen molar-refractivity contribution < 1.29 is 18.3 Å². The zero-order valence-corrected chi connectivity index (χ0v) is 13.8. The molecule has 2 N–H and O–H groups in total. The molecule has 2 heterocycles. The lowest BCUT2D eigenvalue weighted by molar-refractivity contribution is 0.209. The normalized spacial score (nSPS) is 11.3. The number of rotatable bonds is 4. The Bertz CT molecular complexity index is 860. The second-order valence-electron chi connectivity index (χ2n) is 4.87. The van der Waals surface area contributed by atoms with Crippen LogP contribution in [0.4, 0.5) is 16.3 Å². The zero-order chi connectivity index (χ0) is 17.4. The molecule has 0 atom stereocenters. The summed E-state index contributed by atoms with van der Waals surface area (Å²) >= 11 is 0. The van der Waals surface area contributed by atoms with Gasteiger partial charge < -0.3 is 5.11 Å². The van der Waals surface area contributed by atoms with E-state index in [0.29, 0.717) is 17.1 Å². The Morgan fingerprint density at radius 2 is 2.04 bits per heavy atom. The Hall–Kier alpha value is -2.69. The Balaban J connectivity index is 2.48. The van der Waals surface area contributed by atoms with Crippen molar-refractivity contribution in [2.45, 2.75) is 6.92 Å². The minimum atomic E-state index is -3.40. The van der Waals surface area contributed by atoms with Crippen molar-refractivity contribution in [1.82, 2.24) is 20.0 Å². The van der Waals surface area contributed by atoms with Crippen molar-refractivity contribution in [3.8, 4) is 11.4 Å². The monoisotopic (exact) mass is 340 g/mol. The third-order valence-electron chi connectivity index (χ3n) is 3.19. The molecule has 0 aliphatic rings. The van der Waals surface area contributed by atoms with E-state index in [2.05, 4.69) is 20.6 Å². The number of carboxylic acid groups (broad SMARTS) is 1. The quantitative estimate of drug-likeness (QED) is 0.836. The fraction of sp³-hybridized carbons (Fsp3) is 0.333. The summed E-state index contributed by atoms with van der Waals surface area (Å²) in [5.41, 5.74) is 1.52. The summed E-state index contributed by atoms with van der Waals surface area (Å²) in [6.45, 7) is 1.65. The van der Waals surface area contributed by atoms with Gasteiger partial charge in [-0.3, -0.25) is 9.62 Å². The minimum Gasteiger partial charge on any atom is -0.465 e. The van der Waals surface area contributed by atoms with Crippen LogP contribution in [0.25, 0.3) is 11.4 Å². The summed E-state index contributed by atoms with van der Waals surface area (Å²) in [7, 11) is -0.433. The van der Waals surface area contributed by atoms with Crippen molar-refractivity contribution >= 4 is 27.6 Å². The fourth-order valence-corrected chi connectivity index (χ4v) is 2.52. The molecule has 2 aromatic heterocycles. The molecule has 0 aliphatic heterocycles. The van der Waals surface area contributed by atoms with E-state index >= 15 is 0 Å². The zero-order valence-electron chi connectivity index (χ0n) is 13.0. The first-order valence-corrected chi connectivity index (χ1v) is 8.27. The lowest BCUT2D eigenvalue weighted by Gasteiger charge is -2.18. The minimum absolute atomic E-state index is 0.175. The predicted molar refractivity (Wildman–Crippen MR) is 83.9 cm³/mol. The van der Waals surface area contributed by atoms with Gasteiger partial charge in [0.05, 0.1) is 23.3 Å². The molecule has 0 saturated carbocycles. The first-order valence-electron chi connectivity index (χ1n) is 6.43. The van der Waals surface area contributed by atoms with E-state index in [4.69, 9.17) is 5.11 Å². The van der Waals surface area contributed by atoms with Crippen LogP contribution < -0.4 is 9.62 Å². The van der Waals surface area contributed by atoms with Gasteiger partial charge in [-0.2, -0.15) is 0 Å². The summed E-state index contributed by atoms with van der Waals surface area (Å²) < 4.78 is 25.6. The number of hydrogen-bond acceptors (Lipinski definition) is 6. The number of anilines is 2. The summed E-state index contributed by atoms with van der Waals surface area (Å²) in [5.74, 6) is 0.175. The van der Waals surface area contributed by atoms with Gasteiger partial charge in [-0.15, -0.1) is 5.10 Å². The number of carbonyl (C=O) groups is 1. The van der Waals surface area contributed by atoms with Crippen molar-refractivity contribution in [1.29, 1.82) is 0 Å². The lowest BCUT2D eigenvalue weighted by atomic mass is 10.2. The molecule has 1 amide bonds. The maximum absolute atomic E-state index is 11.6. The van der Waals surface area contributed by atoms with Crippen LogP contribution in [0.5, 0.6) is 0 Å². The van der Waals surface area contributed by atoms with Crippen LogP contribution in [-0.2, 0) is 17.1 Å². The van der Waals surface area contributed by atoms with Gasteiger partial charge in [0, 0.05) is 14.1 Å². The molecule has 0 aromatic carbocycles. The molecule has 11 heteroatoms. The molecule has 2 rings (SSSR count). The topological polar surface area (TPSA) is 130 Å². The highest BCUT2D eigenvalue weighted by Crippen LogP contribution is 2.27. The van der Waals surface area contributed by atoms with Crippen LogP contribution in [0, 0.1) is 6.92 Å². The van der Waals surface area contributed by atoms with Gasteiger partial charge >= 0.3 is 6.09 Å². The standard InChI is InChI=1S/C12H16N6O4S/c1-7-9(18(3)23(4,21)22)6-5-8(13-7)10-11(14-12(19)20)17(2)16-15-10/h5-6,14H,1-4H3,(H,19,20). The molecule has 0 fully saturated rings. The van der Waals surface area contributed by atoms with E-state index in [1.54, 1.807) is 26.1 Å². The number of aromatic nitrogens is 4. The number of aryl methyl sites for hydroxylation is 2. The highest BCUT2D eigenvalue weighted by molar-refractivity contribution is 7.92. The number of nitrogens with zero attached hydrogens (tertiary/aromatic N) is 5. The van der Waals surface area contributed by atoms with Gasteiger partial charge in [-0.1, -0.05) is 5.21 Å². The first kappa shape index (κ1) is 16.7. The van der Waals surface area contributed by atoms with E-state index in [0.717, 1.165) is 10.6 Å². The maximum Gasteiger partial charge on any atom is 0.410 e. The molecular formula is C12H16N6O4S. The number of hydrogen-bond donors (Lipinski definition) is 2. The van der Waals surface area contributed by atoms with Crippen LogP contribution in [0.15, 0.2) is 12.1 Å². The second kappa shape index (κ2) is 5.83. The predicted octanol–water partition coefficient (Wildman–Crippen LogP) is 0.671. The van der Waals surface area contributed by atoms with Crippen LogP contribution in [0.1, 0.15) is 5.69 Å². The smallest absolute Gasteiger partial charge is 0.410 e. The maximum atomic E-state index is 11.6.